The molecule has 2 aliphatic rings. The number of nitrogens with one attached hydrogen (secondary N) is 1. The molecule has 0 heterocycles. The number of hydrazone groups is 1. The van der Waals surface area contributed by atoms with Crippen LogP contribution in [0.3, 0.4) is 0 Å². The van der Waals surface area contributed by atoms with E-state index in [4.69, 9.17) is 0 Å². The van der Waals surface area contributed by atoms with E-state index < -0.39 is 0 Å². The van der Waals surface area contributed by atoms with Crippen molar-refractivity contribution in [3.63, 3.8) is 0 Å². The van der Waals surface area contributed by atoms with Gasteiger partial charge in [-0.3, -0.25) is 4.79 Å². The molecule has 3 nitrogen and oxygen atoms in total. The number of nitrogens with zero attached hydrogens (tertiary/aromatic N) is 1. The van der Waals surface area contributed by atoms with E-state index in [9.17, 15) is 4.79 Å². The van der Waals surface area contributed by atoms with Crippen LogP contribution < -0.4 is 5.43 Å². The van der Waals surface area contributed by atoms with Gasteiger partial charge in [-0.25, -0.2) is 5.43 Å². The highest BCUT2D eigenvalue weighted by atomic mass is 16.2. The van der Waals surface area contributed by atoms with Gasteiger partial charge in [0, 0.05) is 12.6 Å². The highest BCUT2D eigenvalue weighted by Crippen LogP contribution is 2.50. The van der Waals surface area contributed by atoms with E-state index in [1.165, 1.54) is 31.9 Å². The van der Waals surface area contributed by atoms with E-state index in [1.54, 1.807) is 0 Å². The van der Waals surface area contributed by atoms with Gasteiger partial charge in [-0.2, -0.15) is 5.10 Å². The molecule has 2 saturated carbocycles. The van der Waals surface area contributed by atoms with E-state index in [0.717, 1.165) is 12.3 Å². The SMILES string of the molecule is CC(=O)N/N=C1\CC(C)(C)[C@H]2CC[C@@H]1C2. The molecule has 0 aromatic heterocycles. The summed E-state index contributed by atoms with van der Waals surface area (Å²) in [5, 5.41) is 4.27. The fraction of sp³-hybridized carbons (Fsp3) is 0.833. The molecular weight excluding hydrogens is 188 g/mol. The summed E-state index contributed by atoms with van der Waals surface area (Å²) in [6.07, 6.45) is 4.90. The third kappa shape index (κ3) is 2.06. The van der Waals surface area contributed by atoms with Crippen molar-refractivity contribution in [2.75, 3.05) is 0 Å². The maximum Gasteiger partial charge on any atom is 0.236 e. The standard InChI is InChI=1S/C12H20N2O/c1-8(15)13-14-11-7-12(2,3)10-5-4-9(11)6-10/h9-10H,4-7H2,1-3H3,(H,13,15)/b14-11+/t9-,10+/m1/s1. The molecule has 3 heteroatoms. The minimum Gasteiger partial charge on any atom is -0.274 e. The van der Waals surface area contributed by atoms with Crippen molar-refractivity contribution in [1.29, 1.82) is 0 Å². The normalized spacial score (nSPS) is 35.5. The molecule has 1 amide bonds. The Bertz CT molecular complexity index is 307. The average molecular weight is 208 g/mol. The number of hydrogen-bond donors (Lipinski definition) is 1. The lowest BCUT2D eigenvalue weighted by atomic mass is 9.69. The molecule has 0 spiro atoms. The Morgan fingerprint density at radius 1 is 1.47 bits per heavy atom. The number of rotatable bonds is 1. The fourth-order valence-electron chi connectivity index (χ4n) is 3.03. The predicted molar refractivity (Wildman–Crippen MR) is 60.5 cm³/mol. The monoisotopic (exact) mass is 208 g/mol. The van der Waals surface area contributed by atoms with Gasteiger partial charge in [0.2, 0.25) is 5.91 Å². The molecule has 2 aliphatic carbocycles. The molecule has 2 fully saturated rings. The fourth-order valence-corrected chi connectivity index (χ4v) is 3.03. The van der Waals surface area contributed by atoms with Gasteiger partial charge in [-0.15, -0.1) is 0 Å². The molecule has 0 aromatic rings. The largest absolute Gasteiger partial charge is 0.274 e. The van der Waals surface area contributed by atoms with E-state index in [1.807, 2.05) is 0 Å². The number of amides is 1. The van der Waals surface area contributed by atoms with Gasteiger partial charge in [0.25, 0.3) is 0 Å². The van der Waals surface area contributed by atoms with Crippen LogP contribution in [0, 0.1) is 17.3 Å². The molecule has 15 heavy (non-hydrogen) atoms. The second kappa shape index (κ2) is 3.62. The Morgan fingerprint density at radius 2 is 2.20 bits per heavy atom. The molecule has 84 valence electrons. The van der Waals surface area contributed by atoms with E-state index >= 15 is 0 Å². The molecule has 2 rings (SSSR count). The second-order valence-electron chi connectivity index (χ2n) is 5.64. The van der Waals surface area contributed by atoms with Crippen LogP contribution in [0.15, 0.2) is 5.10 Å². The second-order valence-corrected chi connectivity index (χ2v) is 5.64. The lowest BCUT2D eigenvalue weighted by Gasteiger charge is -2.36. The van der Waals surface area contributed by atoms with Gasteiger partial charge in [-0.05, 0) is 42.9 Å². The maximum absolute atomic E-state index is 10.8. The van der Waals surface area contributed by atoms with Crippen molar-refractivity contribution < 1.29 is 4.79 Å². The third-order valence-corrected chi connectivity index (χ3v) is 4.00. The summed E-state index contributed by atoms with van der Waals surface area (Å²) in [4.78, 5) is 10.8. The Balaban J connectivity index is 2.13. The first-order chi connectivity index (χ1) is 6.99. The van der Waals surface area contributed by atoms with Crippen molar-refractivity contribution in [3.05, 3.63) is 0 Å². The van der Waals surface area contributed by atoms with Crippen LogP contribution in [-0.2, 0) is 4.79 Å². The number of carbonyl (C=O) groups excluding carboxylic acids is 1. The predicted octanol–water partition coefficient (Wildman–Crippen LogP) is 2.32. The van der Waals surface area contributed by atoms with E-state index in [0.29, 0.717) is 11.3 Å². The summed E-state index contributed by atoms with van der Waals surface area (Å²) < 4.78 is 0. The minimum atomic E-state index is -0.0690. The lowest BCUT2D eigenvalue weighted by molar-refractivity contribution is -0.118. The van der Waals surface area contributed by atoms with Crippen LogP contribution in [0.1, 0.15) is 46.5 Å². The molecule has 0 aliphatic heterocycles. The summed E-state index contributed by atoms with van der Waals surface area (Å²) in [6.45, 7) is 6.15. The molecule has 0 radical (unpaired) electrons. The van der Waals surface area contributed by atoms with Crippen LogP contribution in [0.5, 0.6) is 0 Å². The average Bonchev–Trinajstić information content (AvgIpc) is 2.56. The summed E-state index contributed by atoms with van der Waals surface area (Å²) in [5.41, 5.74) is 4.16. The van der Waals surface area contributed by atoms with Crippen LogP contribution >= 0.6 is 0 Å². The quantitative estimate of drug-likeness (QED) is 0.660. The smallest absolute Gasteiger partial charge is 0.236 e. The molecule has 1 N–H and O–H groups in total. The first kappa shape index (κ1) is 10.7. The Labute approximate surface area is 91.3 Å². The van der Waals surface area contributed by atoms with Gasteiger partial charge in [0.05, 0.1) is 0 Å². The van der Waals surface area contributed by atoms with Crippen molar-refractivity contribution in [1.82, 2.24) is 5.43 Å². The summed E-state index contributed by atoms with van der Waals surface area (Å²) in [6, 6.07) is 0. The number of carbonyl (C=O) groups is 1. The zero-order valence-electron chi connectivity index (χ0n) is 9.84. The van der Waals surface area contributed by atoms with E-state index in [2.05, 4.69) is 24.4 Å². The molecule has 2 bridgehead atoms. The molecule has 2 atom stereocenters. The molecule has 0 unspecified atom stereocenters. The topological polar surface area (TPSA) is 41.5 Å². The van der Waals surface area contributed by atoms with Gasteiger partial charge in [0.15, 0.2) is 0 Å². The van der Waals surface area contributed by atoms with Crippen LogP contribution in [0.2, 0.25) is 0 Å². The van der Waals surface area contributed by atoms with Crippen LogP contribution in [0.4, 0.5) is 0 Å². The lowest BCUT2D eigenvalue weighted by Crippen LogP contribution is -2.33. The highest BCUT2D eigenvalue weighted by Gasteiger charge is 2.44. The van der Waals surface area contributed by atoms with Crippen molar-refractivity contribution in [2.24, 2.45) is 22.4 Å². The van der Waals surface area contributed by atoms with Crippen molar-refractivity contribution in [3.8, 4) is 0 Å². The van der Waals surface area contributed by atoms with Gasteiger partial charge in [0.1, 0.15) is 0 Å². The van der Waals surface area contributed by atoms with Crippen LogP contribution in [-0.4, -0.2) is 11.6 Å². The van der Waals surface area contributed by atoms with Crippen molar-refractivity contribution >= 4 is 11.6 Å². The summed E-state index contributed by atoms with van der Waals surface area (Å²) >= 11 is 0. The number of hydrogen-bond acceptors (Lipinski definition) is 2. The molecule has 0 saturated heterocycles. The zero-order chi connectivity index (χ0) is 11.1. The zero-order valence-corrected chi connectivity index (χ0v) is 9.84. The third-order valence-electron chi connectivity index (χ3n) is 4.00. The Kier molecular flexibility index (Phi) is 2.57. The highest BCUT2D eigenvalue weighted by molar-refractivity contribution is 5.89. The Hall–Kier alpha value is -0.860. The summed E-state index contributed by atoms with van der Waals surface area (Å²) in [5.74, 6) is 1.43. The molecular formula is C12H20N2O. The Morgan fingerprint density at radius 3 is 2.87 bits per heavy atom. The van der Waals surface area contributed by atoms with E-state index in [-0.39, 0.29) is 5.91 Å². The first-order valence-corrected chi connectivity index (χ1v) is 5.82. The maximum atomic E-state index is 10.8. The van der Waals surface area contributed by atoms with Crippen LogP contribution in [0.25, 0.3) is 0 Å². The first-order valence-electron chi connectivity index (χ1n) is 5.82. The van der Waals surface area contributed by atoms with Gasteiger partial charge < -0.3 is 0 Å². The minimum absolute atomic E-state index is 0.0690. The van der Waals surface area contributed by atoms with Crippen molar-refractivity contribution in [2.45, 2.75) is 46.5 Å². The van der Waals surface area contributed by atoms with Gasteiger partial charge >= 0.3 is 0 Å². The van der Waals surface area contributed by atoms with Gasteiger partial charge in [-0.1, -0.05) is 13.8 Å². The number of fused-ring (bicyclic) bond motifs is 2. The molecule has 0 aromatic carbocycles. The summed E-state index contributed by atoms with van der Waals surface area (Å²) in [7, 11) is 0.